The minimum absolute atomic E-state index is 0.682. The van der Waals surface area contributed by atoms with E-state index in [0.29, 0.717) is 6.61 Å². The van der Waals surface area contributed by atoms with Crippen molar-refractivity contribution in [2.45, 2.75) is 33.6 Å². The molecule has 0 aliphatic heterocycles. The molecule has 0 aromatic heterocycles. The molecule has 0 fully saturated rings. The van der Waals surface area contributed by atoms with Crippen molar-refractivity contribution in [3.8, 4) is 5.75 Å². The maximum absolute atomic E-state index is 5.94. The minimum Gasteiger partial charge on any atom is -0.488 e. The SMILES string of the molecule is Cc1cc(C)c(OCC2=CCCC=C2)c(C)c1. The highest BCUT2D eigenvalue weighted by molar-refractivity contribution is 5.43. The molecule has 1 aliphatic carbocycles. The summed E-state index contributed by atoms with van der Waals surface area (Å²) in [6, 6.07) is 4.35. The Bertz CT molecular complexity index is 443. The Morgan fingerprint density at radius 2 is 1.76 bits per heavy atom. The molecule has 1 heteroatoms. The van der Waals surface area contributed by atoms with E-state index in [1.807, 2.05) is 0 Å². The largest absolute Gasteiger partial charge is 0.488 e. The van der Waals surface area contributed by atoms with Gasteiger partial charge < -0.3 is 4.74 Å². The lowest BCUT2D eigenvalue weighted by Crippen LogP contribution is -2.04. The first-order chi connectivity index (χ1) is 8.16. The van der Waals surface area contributed by atoms with Gasteiger partial charge in [-0.2, -0.15) is 0 Å². The Kier molecular flexibility index (Phi) is 3.68. The first-order valence-corrected chi connectivity index (χ1v) is 6.23. The molecule has 1 aliphatic rings. The lowest BCUT2D eigenvalue weighted by molar-refractivity contribution is 0.349. The number of allylic oxidation sites excluding steroid dienone is 2. The van der Waals surface area contributed by atoms with Crippen molar-refractivity contribution < 1.29 is 4.74 Å². The quantitative estimate of drug-likeness (QED) is 0.750. The van der Waals surface area contributed by atoms with Crippen LogP contribution < -0.4 is 4.74 Å². The highest BCUT2D eigenvalue weighted by atomic mass is 16.5. The predicted molar refractivity (Wildman–Crippen MR) is 72.6 cm³/mol. The van der Waals surface area contributed by atoms with Gasteiger partial charge in [0.1, 0.15) is 12.4 Å². The normalized spacial score (nSPS) is 14.6. The van der Waals surface area contributed by atoms with Crippen molar-refractivity contribution in [2.75, 3.05) is 6.61 Å². The van der Waals surface area contributed by atoms with E-state index in [1.54, 1.807) is 0 Å². The van der Waals surface area contributed by atoms with Crippen LogP contribution in [0.3, 0.4) is 0 Å². The molecular formula is C16H20O. The summed E-state index contributed by atoms with van der Waals surface area (Å²) >= 11 is 0. The first-order valence-electron chi connectivity index (χ1n) is 6.23. The van der Waals surface area contributed by atoms with Crippen LogP contribution in [0.2, 0.25) is 0 Å². The molecular weight excluding hydrogens is 208 g/mol. The molecule has 0 spiro atoms. The van der Waals surface area contributed by atoms with Crippen LogP contribution in [0.5, 0.6) is 5.75 Å². The molecule has 1 aromatic carbocycles. The van der Waals surface area contributed by atoms with Gasteiger partial charge in [-0.3, -0.25) is 0 Å². The molecule has 90 valence electrons. The molecule has 17 heavy (non-hydrogen) atoms. The third-order valence-electron chi connectivity index (χ3n) is 3.06. The van der Waals surface area contributed by atoms with Crippen molar-refractivity contribution >= 4 is 0 Å². The van der Waals surface area contributed by atoms with Crippen molar-refractivity contribution in [2.24, 2.45) is 0 Å². The minimum atomic E-state index is 0.682. The Morgan fingerprint density at radius 1 is 1.06 bits per heavy atom. The van der Waals surface area contributed by atoms with Gasteiger partial charge in [0, 0.05) is 0 Å². The second-order valence-corrected chi connectivity index (χ2v) is 4.78. The van der Waals surface area contributed by atoms with E-state index in [4.69, 9.17) is 4.74 Å². The fourth-order valence-corrected chi connectivity index (χ4v) is 2.32. The van der Waals surface area contributed by atoms with E-state index in [1.165, 1.54) is 22.3 Å². The third kappa shape index (κ3) is 3.00. The van der Waals surface area contributed by atoms with Gasteiger partial charge in [-0.05, 0) is 50.3 Å². The maximum atomic E-state index is 5.94. The van der Waals surface area contributed by atoms with Crippen molar-refractivity contribution in [1.29, 1.82) is 0 Å². The zero-order valence-corrected chi connectivity index (χ0v) is 10.9. The van der Waals surface area contributed by atoms with Crippen molar-refractivity contribution in [3.63, 3.8) is 0 Å². The van der Waals surface area contributed by atoms with Crippen LogP contribution in [0.25, 0.3) is 0 Å². The van der Waals surface area contributed by atoms with Gasteiger partial charge in [0.2, 0.25) is 0 Å². The van der Waals surface area contributed by atoms with Crippen LogP contribution in [0.1, 0.15) is 29.5 Å². The average Bonchev–Trinajstić information content (AvgIpc) is 2.29. The van der Waals surface area contributed by atoms with Crippen LogP contribution in [-0.4, -0.2) is 6.61 Å². The molecule has 1 nitrogen and oxygen atoms in total. The number of ether oxygens (including phenoxy) is 1. The second-order valence-electron chi connectivity index (χ2n) is 4.78. The Balaban J connectivity index is 2.09. The zero-order valence-electron chi connectivity index (χ0n) is 10.9. The number of benzene rings is 1. The van der Waals surface area contributed by atoms with Crippen LogP contribution in [-0.2, 0) is 0 Å². The summed E-state index contributed by atoms with van der Waals surface area (Å²) in [5, 5.41) is 0. The smallest absolute Gasteiger partial charge is 0.125 e. The number of hydrogen-bond donors (Lipinski definition) is 0. The van der Waals surface area contributed by atoms with Crippen LogP contribution >= 0.6 is 0 Å². The highest BCUT2D eigenvalue weighted by Gasteiger charge is 2.06. The van der Waals surface area contributed by atoms with Gasteiger partial charge in [0.25, 0.3) is 0 Å². The molecule has 1 aromatic rings. The van der Waals surface area contributed by atoms with Gasteiger partial charge in [-0.1, -0.05) is 35.9 Å². The highest BCUT2D eigenvalue weighted by Crippen LogP contribution is 2.25. The van der Waals surface area contributed by atoms with E-state index >= 15 is 0 Å². The van der Waals surface area contributed by atoms with Gasteiger partial charge in [-0.15, -0.1) is 0 Å². The fourth-order valence-electron chi connectivity index (χ4n) is 2.32. The average molecular weight is 228 g/mol. The van der Waals surface area contributed by atoms with Crippen LogP contribution in [0.15, 0.2) is 35.9 Å². The van der Waals surface area contributed by atoms with Crippen LogP contribution in [0, 0.1) is 20.8 Å². The molecule has 0 saturated carbocycles. The summed E-state index contributed by atoms with van der Waals surface area (Å²) in [6.45, 7) is 7.03. The number of aryl methyl sites for hydroxylation is 3. The summed E-state index contributed by atoms with van der Waals surface area (Å²) in [7, 11) is 0. The fraction of sp³-hybridized carbons (Fsp3) is 0.375. The van der Waals surface area contributed by atoms with E-state index in [-0.39, 0.29) is 0 Å². The van der Waals surface area contributed by atoms with E-state index in [0.717, 1.165) is 18.6 Å². The standard InChI is InChI=1S/C16H20O/c1-12-9-13(2)16(14(3)10-12)17-11-15-7-5-4-6-8-15/h5,7-10H,4,6,11H2,1-3H3. The van der Waals surface area contributed by atoms with Gasteiger partial charge >= 0.3 is 0 Å². The van der Waals surface area contributed by atoms with Crippen molar-refractivity contribution in [3.05, 3.63) is 52.6 Å². The zero-order chi connectivity index (χ0) is 12.3. The molecule has 0 heterocycles. The number of hydrogen-bond acceptors (Lipinski definition) is 1. The first kappa shape index (κ1) is 12.0. The molecule has 0 saturated heterocycles. The summed E-state index contributed by atoms with van der Waals surface area (Å²) < 4.78 is 5.94. The Hall–Kier alpha value is -1.50. The molecule has 0 atom stereocenters. The molecule has 0 unspecified atom stereocenters. The van der Waals surface area contributed by atoms with Gasteiger partial charge in [0.05, 0.1) is 0 Å². The van der Waals surface area contributed by atoms with E-state index in [2.05, 4.69) is 51.1 Å². The Labute approximate surface area is 104 Å². The van der Waals surface area contributed by atoms with Gasteiger partial charge in [-0.25, -0.2) is 0 Å². The molecule has 0 amide bonds. The third-order valence-corrected chi connectivity index (χ3v) is 3.06. The molecule has 0 bridgehead atoms. The lowest BCUT2D eigenvalue weighted by atomic mass is 10.1. The molecule has 0 N–H and O–H groups in total. The van der Waals surface area contributed by atoms with E-state index < -0.39 is 0 Å². The number of rotatable bonds is 3. The lowest BCUT2D eigenvalue weighted by Gasteiger charge is -2.14. The summed E-state index contributed by atoms with van der Waals surface area (Å²) in [6.07, 6.45) is 8.95. The van der Waals surface area contributed by atoms with E-state index in [9.17, 15) is 0 Å². The monoisotopic (exact) mass is 228 g/mol. The van der Waals surface area contributed by atoms with Crippen LogP contribution in [0.4, 0.5) is 0 Å². The van der Waals surface area contributed by atoms with Crippen molar-refractivity contribution in [1.82, 2.24) is 0 Å². The Morgan fingerprint density at radius 3 is 2.35 bits per heavy atom. The predicted octanol–water partition coefficient (Wildman–Crippen LogP) is 4.27. The molecule has 2 rings (SSSR count). The summed E-state index contributed by atoms with van der Waals surface area (Å²) in [4.78, 5) is 0. The summed E-state index contributed by atoms with van der Waals surface area (Å²) in [5.74, 6) is 1.04. The second kappa shape index (κ2) is 5.22. The summed E-state index contributed by atoms with van der Waals surface area (Å²) in [5.41, 5.74) is 5.03. The molecule has 0 radical (unpaired) electrons. The topological polar surface area (TPSA) is 9.23 Å². The van der Waals surface area contributed by atoms with Gasteiger partial charge in [0.15, 0.2) is 0 Å². The maximum Gasteiger partial charge on any atom is 0.125 e.